The first-order chi connectivity index (χ1) is 6.83. The molecule has 1 aliphatic heterocycles. The number of hydrogen-bond donors (Lipinski definition) is 2. The van der Waals surface area contributed by atoms with E-state index in [1.807, 2.05) is 0 Å². The van der Waals surface area contributed by atoms with Gasteiger partial charge in [0, 0.05) is 13.2 Å². The molecule has 14 heavy (non-hydrogen) atoms. The first kappa shape index (κ1) is 12.0. The van der Waals surface area contributed by atoms with E-state index < -0.39 is 0 Å². The molecule has 1 saturated heterocycles. The molecular weight excluding hydrogens is 176 g/mol. The Morgan fingerprint density at radius 2 is 2.36 bits per heavy atom. The van der Waals surface area contributed by atoms with Crippen molar-refractivity contribution < 1.29 is 4.74 Å². The van der Waals surface area contributed by atoms with Gasteiger partial charge in [0.1, 0.15) is 0 Å². The van der Waals surface area contributed by atoms with Crippen LogP contribution in [0.3, 0.4) is 0 Å². The normalized spacial score (nSPS) is 24.9. The third kappa shape index (κ3) is 4.94. The van der Waals surface area contributed by atoms with Crippen LogP contribution in [0.2, 0.25) is 0 Å². The lowest BCUT2D eigenvalue weighted by molar-refractivity contribution is 0.0166. The maximum absolute atomic E-state index is 5.63. The van der Waals surface area contributed by atoms with Crippen LogP contribution in [0.15, 0.2) is 0 Å². The minimum atomic E-state index is 0.453. The standard InChI is InChI=1S/C11H24N2O/c1-10(5-6-12)8-13-9-11-4-2-3-7-14-11/h10-11,13H,2-9,12H2,1H3. The summed E-state index contributed by atoms with van der Waals surface area (Å²) in [7, 11) is 0. The van der Waals surface area contributed by atoms with Crippen LogP contribution < -0.4 is 11.1 Å². The van der Waals surface area contributed by atoms with Crippen LogP contribution in [-0.4, -0.2) is 32.3 Å². The van der Waals surface area contributed by atoms with Crippen LogP contribution in [0, 0.1) is 5.92 Å². The molecule has 0 aromatic carbocycles. The summed E-state index contributed by atoms with van der Waals surface area (Å²) in [6.45, 7) is 6.06. The zero-order valence-corrected chi connectivity index (χ0v) is 9.30. The second-order valence-corrected chi connectivity index (χ2v) is 4.33. The Morgan fingerprint density at radius 1 is 1.50 bits per heavy atom. The molecule has 2 atom stereocenters. The summed E-state index contributed by atoms with van der Waals surface area (Å²) >= 11 is 0. The summed E-state index contributed by atoms with van der Waals surface area (Å²) in [6, 6.07) is 0. The Balaban J connectivity index is 1.96. The highest BCUT2D eigenvalue weighted by molar-refractivity contribution is 4.67. The lowest BCUT2D eigenvalue weighted by Crippen LogP contribution is -2.34. The molecule has 0 aromatic rings. The van der Waals surface area contributed by atoms with Crippen LogP contribution in [0.4, 0.5) is 0 Å². The predicted molar refractivity (Wildman–Crippen MR) is 59.3 cm³/mol. The smallest absolute Gasteiger partial charge is 0.0699 e. The molecule has 1 aliphatic rings. The SMILES string of the molecule is CC(CCN)CNCC1CCCCO1. The van der Waals surface area contributed by atoms with E-state index in [2.05, 4.69) is 12.2 Å². The van der Waals surface area contributed by atoms with E-state index in [0.717, 1.165) is 32.7 Å². The van der Waals surface area contributed by atoms with Gasteiger partial charge in [0.25, 0.3) is 0 Å². The molecular formula is C11H24N2O. The quantitative estimate of drug-likeness (QED) is 0.675. The Morgan fingerprint density at radius 3 is 3.00 bits per heavy atom. The number of rotatable bonds is 6. The molecule has 1 rings (SSSR count). The molecule has 0 radical (unpaired) electrons. The van der Waals surface area contributed by atoms with Gasteiger partial charge in [-0.05, 0) is 44.7 Å². The van der Waals surface area contributed by atoms with E-state index in [4.69, 9.17) is 10.5 Å². The van der Waals surface area contributed by atoms with Gasteiger partial charge in [0.05, 0.1) is 6.10 Å². The largest absolute Gasteiger partial charge is 0.377 e. The Bertz CT molecular complexity index is 135. The van der Waals surface area contributed by atoms with E-state index in [1.165, 1.54) is 19.3 Å². The fraction of sp³-hybridized carbons (Fsp3) is 1.00. The van der Waals surface area contributed by atoms with Gasteiger partial charge < -0.3 is 15.8 Å². The van der Waals surface area contributed by atoms with Crippen LogP contribution in [0.25, 0.3) is 0 Å². The molecule has 84 valence electrons. The maximum Gasteiger partial charge on any atom is 0.0699 e. The Labute approximate surface area is 87.4 Å². The molecule has 1 heterocycles. The van der Waals surface area contributed by atoms with E-state index >= 15 is 0 Å². The average Bonchev–Trinajstić information content (AvgIpc) is 2.20. The lowest BCUT2D eigenvalue weighted by atomic mass is 10.1. The summed E-state index contributed by atoms with van der Waals surface area (Å²) in [5.74, 6) is 0.684. The third-order valence-corrected chi connectivity index (χ3v) is 2.80. The fourth-order valence-corrected chi connectivity index (χ4v) is 1.85. The molecule has 0 saturated carbocycles. The Hall–Kier alpha value is -0.120. The number of nitrogens with one attached hydrogen (secondary N) is 1. The molecule has 0 bridgehead atoms. The summed E-state index contributed by atoms with van der Waals surface area (Å²) in [5.41, 5.74) is 5.49. The minimum absolute atomic E-state index is 0.453. The van der Waals surface area contributed by atoms with Crippen molar-refractivity contribution in [2.45, 2.75) is 38.7 Å². The highest BCUT2D eigenvalue weighted by atomic mass is 16.5. The van der Waals surface area contributed by atoms with Gasteiger partial charge in [0.2, 0.25) is 0 Å². The van der Waals surface area contributed by atoms with Crippen LogP contribution >= 0.6 is 0 Å². The number of nitrogens with two attached hydrogens (primary N) is 1. The zero-order valence-electron chi connectivity index (χ0n) is 9.30. The first-order valence-electron chi connectivity index (χ1n) is 5.85. The van der Waals surface area contributed by atoms with Gasteiger partial charge in [-0.25, -0.2) is 0 Å². The summed E-state index contributed by atoms with van der Waals surface area (Å²) < 4.78 is 5.63. The lowest BCUT2D eigenvalue weighted by Gasteiger charge is -2.23. The second kappa shape index (κ2) is 7.21. The van der Waals surface area contributed by atoms with Crippen molar-refractivity contribution >= 4 is 0 Å². The summed E-state index contributed by atoms with van der Waals surface area (Å²) in [4.78, 5) is 0. The van der Waals surface area contributed by atoms with Gasteiger partial charge in [0.15, 0.2) is 0 Å². The second-order valence-electron chi connectivity index (χ2n) is 4.33. The predicted octanol–water partition coefficient (Wildman–Crippen LogP) is 1.13. The van der Waals surface area contributed by atoms with Gasteiger partial charge in [-0.3, -0.25) is 0 Å². The highest BCUT2D eigenvalue weighted by Crippen LogP contribution is 2.11. The van der Waals surface area contributed by atoms with Gasteiger partial charge >= 0.3 is 0 Å². The van der Waals surface area contributed by atoms with Gasteiger partial charge in [-0.1, -0.05) is 6.92 Å². The van der Waals surface area contributed by atoms with Crippen LogP contribution in [0.5, 0.6) is 0 Å². The van der Waals surface area contributed by atoms with E-state index in [9.17, 15) is 0 Å². The van der Waals surface area contributed by atoms with Crippen molar-refractivity contribution in [1.29, 1.82) is 0 Å². The van der Waals surface area contributed by atoms with E-state index in [0.29, 0.717) is 12.0 Å². The Kier molecular flexibility index (Phi) is 6.15. The molecule has 1 fully saturated rings. The van der Waals surface area contributed by atoms with Crippen molar-refractivity contribution in [3.63, 3.8) is 0 Å². The fourth-order valence-electron chi connectivity index (χ4n) is 1.85. The molecule has 3 heteroatoms. The number of hydrogen-bond acceptors (Lipinski definition) is 3. The molecule has 2 unspecified atom stereocenters. The zero-order chi connectivity index (χ0) is 10.2. The highest BCUT2D eigenvalue weighted by Gasteiger charge is 2.13. The van der Waals surface area contributed by atoms with E-state index in [-0.39, 0.29) is 0 Å². The number of ether oxygens (including phenoxy) is 1. The average molecular weight is 200 g/mol. The summed E-state index contributed by atoms with van der Waals surface area (Å²) in [6.07, 6.45) is 5.34. The first-order valence-corrected chi connectivity index (χ1v) is 5.85. The maximum atomic E-state index is 5.63. The van der Waals surface area contributed by atoms with Crippen LogP contribution in [0.1, 0.15) is 32.6 Å². The van der Waals surface area contributed by atoms with Crippen molar-refractivity contribution in [3.05, 3.63) is 0 Å². The molecule has 0 aromatic heterocycles. The molecule has 0 amide bonds. The van der Waals surface area contributed by atoms with Crippen molar-refractivity contribution in [2.75, 3.05) is 26.2 Å². The van der Waals surface area contributed by atoms with Crippen molar-refractivity contribution in [3.8, 4) is 0 Å². The summed E-state index contributed by atoms with van der Waals surface area (Å²) in [5, 5.41) is 3.46. The van der Waals surface area contributed by atoms with Crippen molar-refractivity contribution in [2.24, 2.45) is 11.7 Å². The minimum Gasteiger partial charge on any atom is -0.377 e. The molecule has 3 nitrogen and oxygen atoms in total. The molecule has 3 N–H and O–H groups in total. The third-order valence-electron chi connectivity index (χ3n) is 2.80. The van der Waals surface area contributed by atoms with Crippen LogP contribution in [-0.2, 0) is 4.74 Å². The topological polar surface area (TPSA) is 47.3 Å². The molecule has 0 aliphatic carbocycles. The van der Waals surface area contributed by atoms with Gasteiger partial charge in [-0.2, -0.15) is 0 Å². The van der Waals surface area contributed by atoms with E-state index in [1.54, 1.807) is 0 Å². The van der Waals surface area contributed by atoms with Crippen molar-refractivity contribution in [1.82, 2.24) is 5.32 Å². The monoisotopic (exact) mass is 200 g/mol. The van der Waals surface area contributed by atoms with Gasteiger partial charge in [-0.15, -0.1) is 0 Å². The molecule has 0 spiro atoms.